The highest BCUT2D eigenvalue weighted by Crippen LogP contribution is 2.31. The average molecular weight is 355 g/mol. The lowest BCUT2D eigenvalue weighted by Crippen LogP contribution is -2.31. The van der Waals surface area contributed by atoms with Crippen molar-refractivity contribution in [3.8, 4) is 0 Å². The van der Waals surface area contributed by atoms with Crippen molar-refractivity contribution in [1.82, 2.24) is 10.6 Å². The van der Waals surface area contributed by atoms with Crippen molar-refractivity contribution < 1.29 is 4.79 Å². The smallest absolute Gasteiger partial charge is 0.252 e. The van der Waals surface area contributed by atoms with Crippen LogP contribution in [0.3, 0.4) is 0 Å². The van der Waals surface area contributed by atoms with Crippen LogP contribution in [0.2, 0.25) is 0 Å². The fraction of sp³-hybridized carbons (Fsp3) is 0.381. The van der Waals surface area contributed by atoms with E-state index in [1.807, 2.05) is 30.3 Å². The molecule has 4 heteroatoms. The summed E-state index contributed by atoms with van der Waals surface area (Å²) < 4.78 is 0. The van der Waals surface area contributed by atoms with E-state index in [4.69, 9.17) is 0 Å². The number of hydrogen-bond donors (Lipinski definition) is 2. The van der Waals surface area contributed by atoms with E-state index in [-0.39, 0.29) is 5.91 Å². The van der Waals surface area contributed by atoms with E-state index in [1.54, 1.807) is 11.8 Å². The molecule has 1 amide bonds. The maximum atomic E-state index is 12.7. The Morgan fingerprint density at radius 3 is 2.68 bits per heavy atom. The first-order valence-corrected chi connectivity index (χ1v) is 9.86. The van der Waals surface area contributed by atoms with Gasteiger partial charge in [-0.25, -0.2) is 0 Å². The number of piperidine rings is 1. The molecule has 0 atom stereocenters. The Hall–Kier alpha value is -1.78. The van der Waals surface area contributed by atoms with Crippen LogP contribution in [0.25, 0.3) is 0 Å². The van der Waals surface area contributed by atoms with E-state index in [0.717, 1.165) is 47.3 Å². The Morgan fingerprint density at radius 2 is 1.92 bits per heavy atom. The monoisotopic (exact) mass is 354 g/mol. The molecule has 132 valence electrons. The van der Waals surface area contributed by atoms with Crippen LogP contribution in [0, 0.1) is 12.8 Å². The molecule has 1 aliphatic rings. The Bertz CT molecular complexity index is 696. The number of carbonyl (C=O) groups is 1. The van der Waals surface area contributed by atoms with Crippen LogP contribution < -0.4 is 10.6 Å². The van der Waals surface area contributed by atoms with Crippen molar-refractivity contribution >= 4 is 17.7 Å². The van der Waals surface area contributed by atoms with Gasteiger partial charge in [0.1, 0.15) is 0 Å². The maximum Gasteiger partial charge on any atom is 0.252 e. The zero-order valence-electron chi connectivity index (χ0n) is 14.8. The fourth-order valence-corrected chi connectivity index (χ4v) is 4.24. The largest absolute Gasteiger partial charge is 0.352 e. The summed E-state index contributed by atoms with van der Waals surface area (Å²) in [6.07, 6.45) is 3.51. The van der Waals surface area contributed by atoms with Crippen LogP contribution in [-0.4, -0.2) is 25.5 Å². The molecule has 3 nitrogen and oxygen atoms in total. The van der Waals surface area contributed by atoms with Gasteiger partial charge in [0.2, 0.25) is 0 Å². The van der Waals surface area contributed by atoms with E-state index < -0.39 is 0 Å². The molecule has 0 aromatic heterocycles. The van der Waals surface area contributed by atoms with Crippen LogP contribution in [-0.2, 0) is 0 Å². The van der Waals surface area contributed by atoms with Crippen LogP contribution in [0.15, 0.2) is 58.3 Å². The molecule has 0 bridgehead atoms. The van der Waals surface area contributed by atoms with Gasteiger partial charge in [-0.2, -0.15) is 0 Å². The molecule has 0 aliphatic carbocycles. The number of aryl methyl sites for hydroxylation is 1. The van der Waals surface area contributed by atoms with Crippen molar-refractivity contribution in [3.05, 3.63) is 59.7 Å². The predicted octanol–water partition coefficient (Wildman–Crippen LogP) is 4.27. The number of carbonyl (C=O) groups excluding carboxylic acids is 1. The van der Waals surface area contributed by atoms with E-state index in [0.29, 0.717) is 0 Å². The van der Waals surface area contributed by atoms with Crippen molar-refractivity contribution in [2.24, 2.45) is 5.92 Å². The van der Waals surface area contributed by atoms with Gasteiger partial charge in [0.15, 0.2) is 0 Å². The zero-order valence-corrected chi connectivity index (χ0v) is 15.6. The second-order valence-corrected chi connectivity index (χ2v) is 7.77. The van der Waals surface area contributed by atoms with E-state index >= 15 is 0 Å². The van der Waals surface area contributed by atoms with Crippen LogP contribution >= 0.6 is 11.8 Å². The molecule has 1 fully saturated rings. The first kappa shape index (κ1) is 18.0. The van der Waals surface area contributed by atoms with Gasteiger partial charge in [-0.15, -0.1) is 0 Å². The summed E-state index contributed by atoms with van der Waals surface area (Å²) in [7, 11) is 0. The van der Waals surface area contributed by atoms with Crippen LogP contribution in [0.4, 0.5) is 0 Å². The van der Waals surface area contributed by atoms with Crippen molar-refractivity contribution in [2.45, 2.75) is 36.0 Å². The van der Waals surface area contributed by atoms with Crippen LogP contribution in [0.1, 0.15) is 35.2 Å². The molecule has 0 unspecified atom stereocenters. The molecule has 3 rings (SSSR count). The standard InChI is InChI=1S/C21H26N2OS/c1-16-7-8-19(20(15-16)25-18-5-3-2-4-6-18)21(24)23-14-11-17-9-12-22-13-10-17/h2-8,15,17,22H,9-14H2,1H3,(H,23,24). The SMILES string of the molecule is Cc1ccc(C(=O)NCCC2CCNCC2)c(Sc2ccccc2)c1. The van der Waals surface area contributed by atoms with Gasteiger partial charge in [-0.1, -0.05) is 36.0 Å². The number of nitrogens with one attached hydrogen (secondary N) is 2. The normalized spacial score (nSPS) is 15.1. The highest BCUT2D eigenvalue weighted by atomic mass is 32.2. The Labute approximate surface area is 154 Å². The molecule has 0 saturated carbocycles. The summed E-state index contributed by atoms with van der Waals surface area (Å²) in [5.74, 6) is 0.769. The molecule has 25 heavy (non-hydrogen) atoms. The quantitative estimate of drug-likeness (QED) is 0.814. The zero-order chi connectivity index (χ0) is 17.5. The summed E-state index contributed by atoms with van der Waals surface area (Å²) in [5.41, 5.74) is 1.94. The minimum Gasteiger partial charge on any atom is -0.352 e. The Kier molecular flexibility index (Phi) is 6.54. The number of benzene rings is 2. The van der Waals surface area contributed by atoms with E-state index in [9.17, 15) is 4.79 Å². The number of hydrogen-bond acceptors (Lipinski definition) is 3. The fourth-order valence-electron chi connectivity index (χ4n) is 3.17. The van der Waals surface area contributed by atoms with Gasteiger partial charge in [0.05, 0.1) is 5.56 Å². The van der Waals surface area contributed by atoms with Gasteiger partial charge < -0.3 is 10.6 Å². The summed E-state index contributed by atoms with van der Waals surface area (Å²) in [5, 5.41) is 6.50. The third kappa shape index (κ3) is 5.35. The summed E-state index contributed by atoms with van der Waals surface area (Å²) in [6.45, 7) is 5.03. The first-order valence-electron chi connectivity index (χ1n) is 9.05. The molecular formula is C21H26N2OS. The summed E-state index contributed by atoms with van der Waals surface area (Å²) >= 11 is 1.65. The minimum absolute atomic E-state index is 0.0346. The van der Waals surface area contributed by atoms with Gasteiger partial charge in [0, 0.05) is 16.3 Å². The van der Waals surface area contributed by atoms with Crippen LogP contribution in [0.5, 0.6) is 0 Å². The molecule has 2 aromatic carbocycles. The van der Waals surface area contributed by atoms with Gasteiger partial charge in [-0.3, -0.25) is 4.79 Å². The highest BCUT2D eigenvalue weighted by molar-refractivity contribution is 7.99. The van der Waals surface area contributed by atoms with Gasteiger partial charge in [-0.05, 0) is 75.0 Å². The molecule has 1 aliphatic heterocycles. The summed E-state index contributed by atoms with van der Waals surface area (Å²) in [6, 6.07) is 16.3. The highest BCUT2D eigenvalue weighted by Gasteiger charge is 2.15. The minimum atomic E-state index is 0.0346. The van der Waals surface area contributed by atoms with Gasteiger partial charge in [0.25, 0.3) is 5.91 Å². The first-order chi connectivity index (χ1) is 12.2. The number of amides is 1. The average Bonchev–Trinajstić information content (AvgIpc) is 2.63. The lowest BCUT2D eigenvalue weighted by Gasteiger charge is -2.22. The number of rotatable bonds is 6. The lowest BCUT2D eigenvalue weighted by atomic mass is 9.95. The Morgan fingerprint density at radius 1 is 1.16 bits per heavy atom. The molecule has 0 radical (unpaired) electrons. The second-order valence-electron chi connectivity index (χ2n) is 6.65. The molecule has 1 heterocycles. The third-order valence-corrected chi connectivity index (χ3v) is 5.72. The second kappa shape index (κ2) is 9.07. The molecule has 2 aromatic rings. The van der Waals surface area contributed by atoms with Gasteiger partial charge >= 0.3 is 0 Å². The lowest BCUT2D eigenvalue weighted by molar-refractivity contribution is 0.0947. The van der Waals surface area contributed by atoms with Crippen molar-refractivity contribution in [2.75, 3.05) is 19.6 Å². The molecule has 2 N–H and O–H groups in total. The van der Waals surface area contributed by atoms with Crippen molar-refractivity contribution in [3.63, 3.8) is 0 Å². The molecule has 1 saturated heterocycles. The Balaban J connectivity index is 1.63. The topological polar surface area (TPSA) is 41.1 Å². The van der Waals surface area contributed by atoms with E-state index in [2.05, 4.69) is 35.8 Å². The molecule has 0 spiro atoms. The van der Waals surface area contributed by atoms with E-state index in [1.165, 1.54) is 18.4 Å². The predicted molar refractivity (Wildman–Crippen MR) is 104 cm³/mol. The summed E-state index contributed by atoms with van der Waals surface area (Å²) in [4.78, 5) is 14.8. The van der Waals surface area contributed by atoms with Crippen molar-refractivity contribution in [1.29, 1.82) is 0 Å². The maximum absolute atomic E-state index is 12.7. The third-order valence-electron chi connectivity index (χ3n) is 4.65. The molecular weight excluding hydrogens is 328 g/mol.